The molecule has 1 saturated heterocycles. The zero-order valence-electron chi connectivity index (χ0n) is 16.5. The molecule has 3 aliphatic rings. The number of aryl methyl sites for hydroxylation is 1. The van der Waals surface area contributed by atoms with Crippen LogP contribution < -0.4 is 4.90 Å². The minimum absolute atomic E-state index is 0.303. The van der Waals surface area contributed by atoms with E-state index in [1.54, 1.807) is 13.4 Å². The van der Waals surface area contributed by atoms with E-state index in [-0.39, 0.29) is 0 Å². The second kappa shape index (κ2) is 7.16. The van der Waals surface area contributed by atoms with Crippen LogP contribution in [0.15, 0.2) is 22.7 Å². The van der Waals surface area contributed by atoms with Gasteiger partial charge in [0.2, 0.25) is 0 Å². The van der Waals surface area contributed by atoms with Gasteiger partial charge in [-0.05, 0) is 32.6 Å². The van der Waals surface area contributed by atoms with Gasteiger partial charge in [0.25, 0.3) is 0 Å². The van der Waals surface area contributed by atoms with Gasteiger partial charge < -0.3 is 14.4 Å². The lowest BCUT2D eigenvalue weighted by molar-refractivity contribution is 0.193. The number of hydrogen-bond acceptors (Lipinski definition) is 7. The fourth-order valence-electron chi connectivity index (χ4n) is 4.04. The summed E-state index contributed by atoms with van der Waals surface area (Å²) in [4.78, 5) is 16.4. The number of ether oxygens (including phenoxy) is 2. The van der Waals surface area contributed by atoms with Crippen molar-refractivity contribution in [3.63, 3.8) is 0 Å². The van der Waals surface area contributed by atoms with Gasteiger partial charge in [0.1, 0.15) is 23.4 Å². The molecule has 0 N–H and O–H groups in total. The van der Waals surface area contributed by atoms with Gasteiger partial charge in [0, 0.05) is 30.9 Å². The molecule has 1 atom stereocenters. The van der Waals surface area contributed by atoms with E-state index in [0.717, 1.165) is 54.6 Å². The summed E-state index contributed by atoms with van der Waals surface area (Å²) in [5, 5.41) is 4.45. The lowest BCUT2D eigenvalue weighted by Crippen LogP contribution is -2.34. The van der Waals surface area contributed by atoms with E-state index in [1.807, 2.05) is 17.7 Å². The van der Waals surface area contributed by atoms with Gasteiger partial charge in [-0.15, -0.1) is 0 Å². The van der Waals surface area contributed by atoms with Crippen LogP contribution in [0.2, 0.25) is 0 Å². The lowest BCUT2D eigenvalue weighted by atomic mass is 10.0. The first-order valence-electron chi connectivity index (χ1n) is 10.1. The molecule has 4 heterocycles. The second-order valence-electron chi connectivity index (χ2n) is 7.78. The predicted molar refractivity (Wildman–Crippen MR) is 106 cm³/mol. The average molecular weight is 382 g/mol. The first kappa shape index (κ1) is 17.6. The Bertz CT molecular complexity index is 940. The average Bonchev–Trinajstić information content (AvgIpc) is 3.27. The molecular weight excluding hydrogens is 356 g/mol. The van der Waals surface area contributed by atoms with Crippen molar-refractivity contribution in [1.82, 2.24) is 19.6 Å². The van der Waals surface area contributed by atoms with Crippen LogP contribution in [0.1, 0.15) is 43.1 Å². The number of nitrogens with zero attached hydrogens (tertiary/aromatic N) is 6. The van der Waals surface area contributed by atoms with Crippen molar-refractivity contribution in [2.45, 2.75) is 44.6 Å². The summed E-state index contributed by atoms with van der Waals surface area (Å²) in [6, 6.07) is 0.524. The fraction of sp³-hybridized carbons (Fsp3) is 0.600. The molecule has 2 fully saturated rings. The Hall–Kier alpha value is -2.48. The standard InChI is InChI=1S/C20H26N6O2/c1-13-24-18(15-6-8-28-11-15)19-20(22-12-23-26(13)19)25-7-5-14(17(10-25)27-2)9-21-16-3-4-16/h9,12,15-16H,3-8,10-11H2,1-2H3/b21-9+/t15-/m1/s1. The molecule has 28 heavy (non-hydrogen) atoms. The zero-order valence-corrected chi connectivity index (χ0v) is 16.5. The van der Waals surface area contributed by atoms with E-state index < -0.39 is 0 Å². The number of fused-ring (bicyclic) bond motifs is 1. The number of imidazole rings is 1. The Morgan fingerprint density at radius 3 is 2.96 bits per heavy atom. The van der Waals surface area contributed by atoms with Gasteiger partial charge in [-0.3, -0.25) is 4.99 Å². The molecule has 0 unspecified atom stereocenters. The molecule has 8 heteroatoms. The third kappa shape index (κ3) is 3.15. The van der Waals surface area contributed by atoms with Crippen LogP contribution in [0, 0.1) is 6.92 Å². The SMILES string of the molecule is COC1=C(/C=N/C2CC2)CCN(c2ncnn3c(C)nc([C@@H]4CCOC4)c23)C1. The third-order valence-corrected chi connectivity index (χ3v) is 5.80. The Morgan fingerprint density at radius 1 is 1.32 bits per heavy atom. The van der Waals surface area contributed by atoms with Gasteiger partial charge in [0.05, 0.1) is 32.0 Å². The van der Waals surface area contributed by atoms with Gasteiger partial charge >= 0.3 is 0 Å². The molecule has 148 valence electrons. The van der Waals surface area contributed by atoms with E-state index in [2.05, 4.69) is 20.0 Å². The van der Waals surface area contributed by atoms with Crippen molar-refractivity contribution in [1.29, 1.82) is 0 Å². The highest BCUT2D eigenvalue weighted by atomic mass is 16.5. The molecule has 1 aliphatic carbocycles. The Kier molecular flexibility index (Phi) is 4.50. The first-order valence-corrected chi connectivity index (χ1v) is 10.1. The largest absolute Gasteiger partial charge is 0.499 e. The number of hydrogen-bond donors (Lipinski definition) is 0. The summed E-state index contributed by atoms with van der Waals surface area (Å²) >= 11 is 0. The highest BCUT2D eigenvalue weighted by Gasteiger charge is 2.29. The normalized spacial score (nSPS) is 23.4. The zero-order chi connectivity index (χ0) is 19.1. The molecule has 0 amide bonds. The van der Waals surface area contributed by atoms with Crippen molar-refractivity contribution in [3.8, 4) is 0 Å². The van der Waals surface area contributed by atoms with Crippen LogP contribution >= 0.6 is 0 Å². The van der Waals surface area contributed by atoms with Crippen molar-refractivity contribution < 1.29 is 9.47 Å². The first-order chi connectivity index (χ1) is 13.7. The van der Waals surface area contributed by atoms with E-state index in [9.17, 15) is 0 Å². The number of anilines is 1. The third-order valence-electron chi connectivity index (χ3n) is 5.80. The highest BCUT2D eigenvalue weighted by molar-refractivity contribution is 5.81. The van der Waals surface area contributed by atoms with Crippen LogP contribution in [0.3, 0.4) is 0 Å². The van der Waals surface area contributed by atoms with Crippen molar-refractivity contribution >= 4 is 17.5 Å². The Balaban J connectivity index is 1.51. The molecule has 0 spiro atoms. The highest BCUT2D eigenvalue weighted by Crippen LogP contribution is 2.34. The van der Waals surface area contributed by atoms with Gasteiger partial charge in [-0.25, -0.2) is 14.5 Å². The number of rotatable bonds is 5. The Labute approximate surface area is 164 Å². The lowest BCUT2D eigenvalue weighted by Gasteiger charge is -2.30. The van der Waals surface area contributed by atoms with Crippen LogP contribution in [-0.4, -0.2) is 65.3 Å². The van der Waals surface area contributed by atoms with Crippen LogP contribution in [-0.2, 0) is 9.47 Å². The molecule has 0 bridgehead atoms. The molecule has 5 rings (SSSR count). The molecule has 0 aromatic carbocycles. The van der Waals surface area contributed by atoms with Crippen molar-refractivity contribution in [2.24, 2.45) is 4.99 Å². The summed E-state index contributed by atoms with van der Waals surface area (Å²) in [7, 11) is 1.74. The Morgan fingerprint density at radius 2 is 2.21 bits per heavy atom. The number of methoxy groups -OCH3 is 1. The molecule has 0 radical (unpaired) electrons. The number of aliphatic imine (C=N–C) groups is 1. The predicted octanol–water partition coefficient (Wildman–Crippen LogP) is 2.28. The van der Waals surface area contributed by atoms with Gasteiger partial charge in [-0.2, -0.15) is 5.10 Å². The number of aromatic nitrogens is 4. The summed E-state index contributed by atoms with van der Waals surface area (Å²) in [5.74, 6) is 3.08. The van der Waals surface area contributed by atoms with Gasteiger partial charge in [0.15, 0.2) is 5.82 Å². The van der Waals surface area contributed by atoms with Crippen LogP contribution in [0.5, 0.6) is 0 Å². The van der Waals surface area contributed by atoms with Crippen LogP contribution in [0.25, 0.3) is 5.52 Å². The molecular formula is C20H26N6O2. The van der Waals surface area contributed by atoms with E-state index in [1.165, 1.54) is 18.4 Å². The monoisotopic (exact) mass is 382 g/mol. The molecule has 2 aromatic rings. The summed E-state index contributed by atoms with van der Waals surface area (Å²) < 4.78 is 13.2. The van der Waals surface area contributed by atoms with Crippen LogP contribution in [0.4, 0.5) is 5.82 Å². The minimum atomic E-state index is 0.303. The topological polar surface area (TPSA) is 77.1 Å². The van der Waals surface area contributed by atoms with Gasteiger partial charge in [-0.1, -0.05) is 0 Å². The maximum absolute atomic E-state index is 5.72. The molecule has 1 saturated carbocycles. The van der Waals surface area contributed by atoms with E-state index in [4.69, 9.17) is 14.5 Å². The fourth-order valence-corrected chi connectivity index (χ4v) is 4.04. The summed E-state index contributed by atoms with van der Waals surface area (Å²) in [6.45, 7) is 5.05. The van der Waals surface area contributed by atoms with E-state index in [0.29, 0.717) is 25.1 Å². The quantitative estimate of drug-likeness (QED) is 0.739. The summed E-state index contributed by atoms with van der Waals surface area (Å²) in [5.41, 5.74) is 3.25. The maximum atomic E-state index is 5.72. The molecule has 8 nitrogen and oxygen atoms in total. The van der Waals surface area contributed by atoms with Crippen molar-refractivity contribution in [3.05, 3.63) is 29.2 Å². The maximum Gasteiger partial charge on any atom is 0.158 e. The van der Waals surface area contributed by atoms with E-state index >= 15 is 0 Å². The summed E-state index contributed by atoms with van der Waals surface area (Å²) in [6.07, 6.45) is 7.95. The molecule has 2 aliphatic heterocycles. The molecule has 2 aromatic heterocycles. The van der Waals surface area contributed by atoms with Crippen molar-refractivity contribution in [2.75, 3.05) is 38.3 Å². The minimum Gasteiger partial charge on any atom is -0.499 e. The smallest absolute Gasteiger partial charge is 0.158 e. The second-order valence-corrected chi connectivity index (χ2v) is 7.78.